The van der Waals surface area contributed by atoms with Crippen LogP contribution in [0.1, 0.15) is 29.8 Å². The number of fused-ring (bicyclic) bond motifs is 1. The number of nitrogens with zero attached hydrogens (tertiary/aromatic N) is 6. The molecule has 3 heterocycles. The average Bonchev–Trinajstić information content (AvgIpc) is 3.46. The van der Waals surface area contributed by atoms with E-state index in [4.69, 9.17) is 4.98 Å². The summed E-state index contributed by atoms with van der Waals surface area (Å²) in [6, 6.07) is 14.2. The number of hydrogen-bond acceptors (Lipinski definition) is 10. The Labute approximate surface area is 250 Å². The first kappa shape index (κ1) is 29.8. The highest BCUT2D eigenvalue weighted by Crippen LogP contribution is 2.29. The van der Waals surface area contributed by atoms with Gasteiger partial charge in [-0.15, -0.1) is 0 Å². The van der Waals surface area contributed by atoms with Gasteiger partial charge in [-0.25, -0.2) is 4.98 Å². The van der Waals surface area contributed by atoms with Crippen molar-refractivity contribution < 1.29 is 19.8 Å². The molecular formula is C31H36N8O4. The van der Waals surface area contributed by atoms with Crippen LogP contribution in [-0.4, -0.2) is 99.8 Å². The van der Waals surface area contributed by atoms with E-state index in [1.54, 1.807) is 17.0 Å². The third-order valence-electron chi connectivity index (χ3n) is 8.01. The van der Waals surface area contributed by atoms with E-state index in [1.807, 2.05) is 29.2 Å². The molecule has 12 nitrogen and oxygen atoms in total. The number of nitriles is 1. The second-order valence-electron chi connectivity index (χ2n) is 10.7. The number of aromatic hydroxyl groups is 1. The molecule has 0 aliphatic carbocycles. The Kier molecular flexibility index (Phi) is 9.34. The summed E-state index contributed by atoms with van der Waals surface area (Å²) in [6.07, 6.45) is 3.41. The van der Waals surface area contributed by atoms with Gasteiger partial charge in [-0.3, -0.25) is 14.5 Å². The van der Waals surface area contributed by atoms with E-state index in [-0.39, 0.29) is 48.4 Å². The Bertz CT molecular complexity index is 1540. The monoisotopic (exact) mass is 584 g/mol. The van der Waals surface area contributed by atoms with Gasteiger partial charge in [-0.05, 0) is 36.9 Å². The van der Waals surface area contributed by atoms with Gasteiger partial charge in [0.2, 0.25) is 11.9 Å². The van der Waals surface area contributed by atoms with Gasteiger partial charge in [0.25, 0.3) is 5.91 Å². The number of aliphatic hydroxyl groups excluding tert-OH is 1. The van der Waals surface area contributed by atoms with Gasteiger partial charge < -0.3 is 30.6 Å². The van der Waals surface area contributed by atoms with Crippen molar-refractivity contribution in [2.45, 2.75) is 31.3 Å². The number of anilines is 3. The molecule has 2 amide bonds. The van der Waals surface area contributed by atoms with Crippen molar-refractivity contribution in [2.24, 2.45) is 0 Å². The van der Waals surface area contributed by atoms with Gasteiger partial charge >= 0.3 is 0 Å². The molecular weight excluding hydrogens is 548 g/mol. The number of aliphatic hydroxyl groups is 1. The number of piperazine rings is 1. The third-order valence-corrected chi connectivity index (χ3v) is 8.01. The maximum absolute atomic E-state index is 13.6. The summed E-state index contributed by atoms with van der Waals surface area (Å²) in [4.78, 5) is 41.2. The Morgan fingerprint density at radius 1 is 1.14 bits per heavy atom. The van der Waals surface area contributed by atoms with Crippen LogP contribution in [0.4, 0.5) is 17.5 Å². The number of β-amino-alcohol motifs (C(OH)–C–C–N with tert-alkyl or cyclic N) is 1. The molecule has 12 heteroatoms. The lowest BCUT2D eigenvalue weighted by atomic mass is 10.1. The first-order valence-electron chi connectivity index (χ1n) is 14.5. The zero-order valence-corrected chi connectivity index (χ0v) is 23.9. The second kappa shape index (κ2) is 13.5. The number of carbonyl (C=O) groups is 2. The molecule has 3 aromatic rings. The maximum Gasteiger partial charge on any atom is 0.274 e. The molecule has 0 saturated carbocycles. The van der Waals surface area contributed by atoms with E-state index in [2.05, 4.69) is 33.2 Å². The van der Waals surface area contributed by atoms with E-state index < -0.39 is 5.91 Å². The van der Waals surface area contributed by atoms with E-state index in [0.717, 1.165) is 30.2 Å². The Balaban J connectivity index is 1.44. The minimum absolute atomic E-state index is 0.0270. The molecule has 224 valence electrons. The predicted octanol–water partition coefficient (Wildman–Crippen LogP) is 2.57. The number of hydrogen-bond donors (Lipinski definition) is 4. The molecule has 2 aliphatic heterocycles. The number of rotatable bonds is 10. The van der Waals surface area contributed by atoms with Crippen LogP contribution in [0.15, 0.2) is 55.1 Å². The number of amides is 2. The standard InChI is InChI=1S/C31H36N8O4/c1-2-29(42)39-13-12-38(20-23(39)9-10-32)28-18-27(35-31(36-28)33-19-22-7-5-11-37(22)14-15-40)30(43)34-26-17-24(41)16-21-6-3-4-8-25(21)26/h2-4,6,8,16-18,22-23,40-41H,1,5,7,9,11-15,19-20H2,(H,34,43)(H,33,35,36)/t22?,23-/m0/s1. The highest BCUT2D eigenvalue weighted by Gasteiger charge is 2.31. The topological polar surface area (TPSA) is 158 Å². The van der Waals surface area contributed by atoms with E-state index in [9.17, 15) is 25.1 Å². The summed E-state index contributed by atoms with van der Waals surface area (Å²) in [5, 5.41) is 36.9. The van der Waals surface area contributed by atoms with Gasteiger partial charge in [0.15, 0.2) is 0 Å². The highest BCUT2D eigenvalue weighted by molar-refractivity contribution is 6.09. The zero-order valence-electron chi connectivity index (χ0n) is 23.9. The smallest absolute Gasteiger partial charge is 0.274 e. The number of phenols is 1. The normalized spacial score (nSPS) is 18.8. The van der Waals surface area contributed by atoms with E-state index in [1.165, 1.54) is 12.1 Å². The van der Waals surface area contributed by atoms with Crippen molar-refractivity contribution in [3.63, 3.8) is 0 Å². The number of phenolic OH excluding ortho intramolecular Hbond substituents is 1. The van der Waals surface area contributed by atoms with Crippen LogP contribution in [0.2, 0.25) is 0 Å². The van der Waals surface area contributed by atoms with Gasteiger partial charge in [0, 0.05) is 56.3 Å². The predicted molar refractivity (Wildman–Crippen MR) is 164 cm³/mol. The van der Waals surface area contributed by atoms with Crippen molar-refractivity contribution >= 4 is 40.0 Å². The van der Waals surface area contributed by atoms with Crippen LogP contribution in [0.25, 0.3) is 10.8 Å². The Hall–Kier alpha value is -4.73. The number of nitrogens with one attached hydrogen (secondary N) is 2. The second-order valence-corrected chi connectivity index (χ2v) is 10.7. The van der Waals surface area contributed by atoms with Crippen molar-refractivity contribution in [1.29, 1.82) is 5.26 Å². The summed E-state index contributed by atoms with van der Waals surface area (Å²) >= 11 is 0. The third kappa shape index (κ3) is 6.85. The minimum Gasteiger partial charge on any atom is -0.508 e. The fourth-order valence-electron chi connectivity index (χ4n) is 5.89. The number of likely N-dealkylation sites (tertiary alicyclic amines) is 1. The molecule has 1 aromatic heterocycles. The molecule has 0 radical (unpaired) electrons. The lowest BCUT2D eigenvalue weighted by Crippen LogP contribution is -2.55. The summed E-state index contributed by atoms with van der Waals surface area (Å²) in [5.41, 5.74) is 0.575. The molecule has 2 saturated heterocycles. The minimum atomic E-state index is -0.473. The van der Waals surface area contributed by atoms with Crippen LogP contribution < -0.4 is 15.5 Å². The van der Waals surface area contributed by atoms with Gasteiger partial charge in [-0.1, -0.05) is 30.8 Å². The Morgan fingerprint density at radius 2 is 1.98 bits per heavy atom. The zero-order chi connectivity index (χ0) is 30.3. The number of benzene rings is 2. The fourth-order valence-corrected chi connectivity index (χ4v) is 5.89. The van der Waals surface area contributed by atoms with E-state index >= 15 is 0 Å². The van der Waals surface area contributed by atoms with Crippen molar-refractivity contribution in [3.8, 4) is 11.8 Å². The first-order valence-corrected chi connectivity index (χ1v) is 14.5. The molecule has 2 atom stereocenters. The lowest BCUT2D eigenvalue weighted by Gasteiger charge is -2.40. The van der Waals surface area contributed by atoms with Gasteiger partial charge in [-0.2, -0.15) is 10.2 Å². The molecule has 2 aromatic carbocycles. The summed E-state index contributed by atoms with van der Waals surface area (Å²) in [6.45, 7) is 6.89. The molecule has 0 bridgehead atoms. The lowest BCUT2D eigenvalue weighted by molar-refractivity contribution is -0.128. The van der Waals surface area contributed by atoms with Crippen molar-refractivity contribution in [1.82, 2.24) is 19.8 Å². The average molecular weight is 585 g/mol. The molecule has 5 rings (SSSR count). The highest BCUT2D eigenvalue weighted by atomic mass is 16.3. The summed E-state index contributed by atoms with van der Waals surface area (Å²) in [5.74, 6) is 0.0993. The van der Waals surface area contributed by atoms with Crippen LogP contribution in [0.3, 0.4) is 0 Å². The molecule has 43 heavy (non-hydrogen) atoms. The van der Waals surface area contributed by atoms with Crippen LogP contribution in [-0.2, 0) is 4.79 Å². The summed E-state index contributed by atoms with van der Waals surface area (Å²) in [7, 11) is 0. The Morgan fingerprint density at radius 3 is 2.77 bits per heavy atom. The molecule has 2 aliphatic rings. The largest absolute Gasteiger partial charge is 0.508 e. The molecule has 0 spiro atoms. The van der Waals surface area contributed by atoms with Crippen molar-refractivity contribution in [3.05, 3.63) is 60.8 Å². The first-order chi connectivity index (χ1) is 20.9. The summed E-state index contributed by atoms with van der Waals surface area (Å²) < 4.78 is 0. The number of carbonyl (C=O) groups excluding carboxylic acids is 2. The van der Waals surface area contributed by atoms with Crippen LogP contribution in [0.5, 0.6) is 5.75 Å². The van der Waals surface area contributed by atoms with Gasteiger partial charge in [0.05, 0.1) is 30.8 Å². The van der Waals surface area contributed by atoms with Crippen molar-refractivity contribution in [2.75, 3.05) is 61.4 Å². The maximum atomic E-state index is 13.6. The quantitative estimate of drug-likeness (QED) is 0.261. The fraction of sp³-hybridized carbons (Fsp3) is 0.387. The van der Waals surface area contributed by atoms with E-state index in [0.29, 0.717) is 44.2 Å². The number of aromatic nitrogens is 2. The van der Waals surface area contributed by atoms with Gasteiger partial charge in [0.1, 0.15) is 17.3 Å². The van der Waals surface area contributed by atoms with Crippen LogP contribution in [0, 0.1) is 11.3 Å². The van der Waals surface area contributed by atoms with Crippen LogP contribution >= 0.6 is 0 Å². The molecule has 2 fully saturated rings. The molecule has 1 unspecified atom stereocenters. The SMILES string of the molecule is C=CC(=O)N1CCN(c2cc(C(=O)Nc3cc(O)cc4ccccc34)nc(NCC3CCCN3CCO)n2)C[C@@H]1CC#N. The molecule has 4 N–H and O–H groups in total.